The monoisotopic (exact) mass is 554 g/mol. The summed E-state index contributed by atoms with van der Waals surface area (Å²) in [6, 6.07) is 8.59. The Morgan fingerprint density at radius 2 is 2.08 bits per heavy atom. The van der Waals surface area contributed by atoms with Gasteiger partial charge in [-0.1, -0.05) is 15.9 Å². The van der Waals surface area contributed by atoms with Crippen LogP contribution in [0.2, 0.25) is 0 Å². The highest BCUT2D eigenvalue weighted by molar-refractivity contribution is 14.0. The summed E-state index contributed by atoms with van der Waals surface area (Å²) in [4.78, 5) is 17.3. The Bertz CT molecular complexity index is 600. The number of hydrogen-bond acceptors (Lipinski definition) is 3. The van der Waals surface area contributed by atoms with Gasteiger partial charge in [0.15, 0.2) is 5.96 Å². The second kappa shape index (κ2) is 11.4. The molecule has 1 fully saturated rings. The van der Waals surface area contributed by atoms with E-state index >= 15 is 0 Å². The Labute approximate surface area is 186 Å². The minimum absolute atomic E-state index is 0. The number of amides is 1. The largest absolute Gasteiger partial charge is 0.357 e. The van der Waals surface area contributed by atoms with Gasteiger partial charge in [-0.3, -0.25) is 9.79 Å². The van der Waals surface area contributed by atoms with Crippen molar-refractivity contribution >= 4 is 63.5 Å². The quantitative estimate of drug-likeness (QED) is 0.217. The Balaban J connectivity index is 0.00000338. The van der Waals surface area contributed by atoms with Crippen LogP contribution in [0.3, 0.4) is 0 Å². The molecule has 0 radical (unpaired) electrons. The van der Waals surface area contributed by atoms with Crippen LogP contribution in [0.5, 0.6) is 0 Å². The van der Waals surface area contributed by atoms with Crippen molar-refractivity contribution in [1.82, 2.24) is 16.0 Å². The van der Waals surface area contributed by atoms with E-state index in [0.717, 1.165) is 23.4 Å². The second-order valence-electron chi connectivity index (χ2n) is 6.69. The highest BCUT2D eigenvalue weighted by Crippen LogP contribution is 2.33. The number of nitrogens with zero attached hydrogens (tertiary/aromatic N) is 1. The second-order valence-corrected chi connectivity index (χ2v) is 9.39. The van der Waals surface area contributed by atoms with Gasteiger partial charge in [-0.25, -0.2) is 0 Å². The molecule has 1 unspecified atom stereocenters. The van der Waals surface area contributed by atoms with E-state index in [1.165, 1.54) is 4.90 Å². The Morgan fingerprint density at radius 3 is 2.65 bits per heavy atom. The highest BCUT2D eigenvalue weighted by Gasteiger charge is 2.21. The first kappa shape index (κ1) is 23.6. The van der Waals surface area contributed by atoms with Crippen LogP contribution in [0.15, 0.2) is 38.6 Å². The van der Waals surface area contributed by atoms with E-state index in [1.54, 1.807) is 0 Å². The predicted octanol–water partition coefficient (Wildman–Crippen LogP) is 3.77. The van der Waals surface area contributed by atoms with Gasteiger partial charge in [0.05, 0.1) is 6.54 Å². The molecule has 1 amide bonds. The lowest BCUT2D eigenvalue weighted by molar-refractivity contribution is -0.122. The molecule has 0 spiro atoms. The van der Waals surface area contributed by atoms with Crippen molar-refractivity contribution in [2.45, 2.75) is 49.3 Å². The van der Waals surface area contributed by atoms with E-state index in [9.17, 15) is 4.79 Å². The summed E-state index contributed by atoms with van der Waals surface area (Å²) in [5.41, 5.74) is 0. The van der Waals surface area contributed by atoms with Crippen molar-refractivity contribution in [2.75, 3.05) is 19.6 Å². The van der Waals surface area contributed by atoms with Crippen molar-refractivity contribution in [3.8, 4) is 0 Å². The number of guanidine groups is 1. The van der Waals surface area contributed by atoms with Gasteiger partial charge in [-0.15, -0.1) is 35.7 Å². The zero-order chi connectivity index (χ0) is 18.3. The van der Waals surface area contributed by atoms with E-state index < -0.39 is 0 Å². The summed E-state index contributed by atoms with van der Waals surface area (Å²) in [7, 11) is 0. The Hall–Kier alpha value is -0.480. The van der Waals surface area contributed by atoms with Crippen LogP contribution in [0.4, 0.5) is 0 Å². The summed E-state index contributed by atoms with van der Waals surface area (Å²) < 4.78 is 1.07. The molecular formula is C18H28BrIN4OS. The molecule has 0 aliphatic carbocycles. The molecule has 1 heterocycles. The van der Waals surface area contributed by atoms with Gasteiger partial charge in [0.1, 0.15) is 0 Å². The van der Waals surface area contributed by atoms with Gasteiger partial charge in [0, 0.05) is 39.7 Å². The Morgan fingerprint density at radius 1 is 1.38 bits per heavy atom. The molecule has 1 saturated heterocycles. The third kappa shape index (κ3) is 8.47. The molecule has 1 aromatic carbocycles. The summed E-state index contributed by atoms with van der Waals surface area (Å²) >= 11 is 5.29. The fourth-order valence-electron chi connectivity index (χ4n) is 2.49. The molecule has 0 bridgehead atoms. The number of piperidine rings is 1. The normalized spacial score (nSPS) is 17.9. The number of benzene rings is 1. The van der Waals surface area contributed by atoms with Crippen LogP contribution < -0.4 is 16.0 Å². The van der Waals surface area contributed by atoms with Gasteiger partial charge >= 0.3 is 0 Å². The lowest BCUT2D eigenvalue weighted by Crippen LogP contribution is -2.51. The number of rotatable bonds is 6. The van der Waals surface area contributed by atoms with E-state index in [0.29, 0.717) is 19.5 Å². The van der Waals surface area contributed by atoms with Crippen LogP contribution in [-0.2, 0) is 4.79 Å². The molecule has 3 N–H and O–H groups in total. The molecule has 1 aliphatic rings. The van der Waals surface area contributed by atoms with Crippen LogP contribution in [-0.4, -0.2) is 42.3 Å². The first-order valence-electron chi connectivity index (χ1n) is 8.64. The third-order valence-corrected chi connectivity index (χ3v) is 5.49. The van der Waals surface area contributed by atoms with Crippen LogP contribution in [0.1, 0.15) is 33.6 Å². The van der Waals surface area contributed by atoms with Gasteiger partial charge in [-0.05, 0) is 51.5 Å². The van der Waals surface area contributed by atoms with Crippen molar-refractivity contribution in [3.63, 3.8) is 0 Å². The fraction of sp³-hybridized carbons (Fsp3) is 0.556. The van der Waals surface area contributed by atoms with Crippen molar-refractivity contribution in [3.05, 3.63) is 28.7 Å². The lowest BCUT2D eigenvalue weighted by atomic mass is 10.1. The zero-order valence-corrected chi connectivity index (χ0v) is 20.2. The lowest BCUT2D eigenvalue weighted by Gasteiger charge is -2.27. The average molecular weight is 555 g/mol. The molecule has 1 aliphatic heterocycles. The molecule has 5 nitrogen and oxygen atoms in total. The van der Waals surface area contributed by atoms with Crippen molar-refractivity contribution in [1.29, 1.82) is 0 Å². The maximum atomic E-state index is 11.3. The number of carbonyl (C=O) groups is 1. The molecule has 146 valence electrons. The minimum atomic E-state index is -0.0169. The fourth-order valence-corrected chi connectivity index (χ4v) is 3.80. The summed E-state index contributed by atoms with van der Waals surface area (Å²) in [6.45, 7) is 8.62. The van der Waals surface area contributed by atoms with Crippen molar-refractivity contribution in [2.24, 2.45) is 4.99 Å². The SMILES string of the molecule is CCNC(=NCC(C)(C)Sc1ccc(Br)cc1)NC1CCC(=O)NC1.I. The van der Waals surface area contributed by atoms with Crippen LogP contribution in [0, 0.1) is 0 Å². The molecule has 0 aromatic heterocycles. The van der Waals surface area contributed by atoms with E-state index in [-0.39, 0.29) is 40.7 Å². The standard InChI is InChI=1S/C18H27BrN4OS.HI/c1-4-20-17(23-14-7-10-16(24)21-11-14)22-12-18(2,3)25-15-8-5-13(19)6-9-15;/h5-6,8-9,14H,4,7,10-12H2,1-3H3,(H,21,24)(H2,20,22,23);1H. The maximum absolute atomic E-state index is 11.3. The number of hydrogen-bond donors (Lipinski definition) is 3. The molecule has 26 heavy (non-hydrogen) atoms. The molecular weight excluding hydrogens is 527 g/mol. The van der Waals surface area contributed by atoms with E-state index in [4.69, 9.17) is 4.99 Å². The number of halogens is 2. The number of aliphatic imine (C=N–C) groups is 1. The number of thioether (sulfide) groups is 1. The first-order valence-corrected chi connectivity index (χ1v) is 10.2. The van der Waals surface area contributed by atoms with E-state index in [1.807, 2.05) is 11.8 Å². The van der Waals surface area contributed by atoms with Gasteiger partial charge in [0.25, 0.3) is 0 Å². The van der Waals surface area contributed by atoms with Gasteiger partial charge in [0.2, 0.25) is 5.91 Å². The van der Waals surface area contributed by atoms with Crippen LogP contribution in [0.25, 0.3) is 0 Å². The van der Waals surface area contributed by atoms with Gasteiger partial charge < -0.3 is 16.0 Å². The highest BCUT2D eigenvalue weighted by atomic mass is 127. The summed E-state index contributed by atoms with van der Waals surface area (Å²) in [5, 5.41) is 9.62. The molecule has 0 saturated carbocycles. The first-order chi connectivity index (χ1) is 11.9. The van der Waals surface area contributed by atoms with Gasteiger partial charge in [-0.2, -0.15) is 0 Å². The summed E-state index contributed by atoms with van der Waals surface area (Å²) in [6.07, 6.45) is 1.41. The van der Waals surface area contributed by atoms with Crippen LogP contribution >= 0.6 is 51.7 Å². The molecule has 8 heteroatoms. The number of nitrogens with one attached hydrogen (secondary N) is 3. The smallest absolute Gasteiger partial charge is 0.220 e. The predicted molar refractivity (Wildman–Crippen MR) is 125 cm³/mol. The number of carbonyl (C=O) groups excluding carboxylic acids is 1. The minimum Gasteiger partial charge on any atom is -0.357 e. The Kier molecular flexibility index (Phi) is 10.3. The third-order valence-electron chi connectivity index (χ3n) is 3.78. The van der Waals surface area contributed by atoms with E-state index in [2.05, 4.69) is 76.9 Å². The molecule has 1 atom stereocenters. The van der Waals surface area contributed by atoms with Crippen molar-refractivity contribution < 1.29 is 4.79 Å². The summed E-state index contributed by atoms with van der Waals surface area (Å²) in [5.74, 6) is 0.945. The molecule has 2 rings (SSSR count). The average Bonchev–Trinajstić information content (AvgIpc) is 2.57. The zero-order valence-electron chi connectivity index (χ0n) is 15.5. The maximum Gasteiger partial charge on any atom is 0.220 e. The molecule has 1 aromatic rings. The topological polar surface area (TPSA) is 65.5 Å².